The van der Waals surface area contributed by atoms with Gasteiger partial charge >= 0.3 is 0 Å². The Bertz CT molecular complexity index is 1150. The molecule has 0 radical (unpaired) electrons. The van der Waals surface area contributed by atoms with E-state index in [0.29, 0.717) is 22.6 Å². The largest absolute Gasteiger partial charge is 0.337 e. The van der Waals surface area contributed by atoms with Crippen LogP contribution in [0.2, 0.25) is 0 Å². The van der Waals surface area contributed by atoms with Crippen molar-refractivity contribution < 1.29 is 4.79 Å². The molecular weight excluding hydrogens is 396 g/mol. The van der Waals surface area contributed by atoms with E-state index in [2.05, 4.69) is 16.4 Å². The highest BCUT2D eigenvalue weighted by atomic mass is 32.2. The molecule has 1 N–H and O–H groups in total. The Morgan fingerprint density at radius 1 is 1.20 bits per heavy atom. The molecule has 0 saturated heterocycles. The molecule has 0 bridgehead atoms. The van der Waals surface area contributed by atoms with Gasteiger partial charge in [0.2, 0.25) is 5.91 Å². The van der Waals surface area contributed by atoms with Crippen LogP contribution in [0.1, 0.15) is 26.3 Å². The SMILES string of the molecule is CC(C)[C@](C)(C#N)NC(=O)CSc1nc2ccccc2c(=O)n1Cc1ccccc1. The molecule has 3 rings (SSSR count). The summed E-state index contributed by atoms with van der Waals surface area (Å²) in [4.78, 5) is 30.3. The summed E-state index contributed by atoms with van der Waals surface area (Å²) >= 11 is 1.20. The van der Waals surface area contributed by atoms with Gasteiger partial charge in [-0.1, -0.05) is 68.1 Å². The van der Waals surface area contributed by atoms with Crippen LogP contribution >= 0.6 is 11.8 Å². The van der Waals surface area contributed by atoms with Gasteiger partial charge < -0.3 is 5.32 Å². The van der Waals surface area contributed by atoms with Crippen molar-refractivity contribution in [1.82, 2.24) is 14.9 Å². The average Bonchev–Trinajstić information content (AvgIpc) is 2.75. The number of hydrogen-bond acceptors (Lipinski definition) is 5. The summed E-state index contributed by atoms with van der Waals surface area (Å²) in [7, 11) is 0. The van der Waals surface area contributed by atoms with Gasteiger partial charge in [-0.3, -0.25) is 14.2 Å². The molecule has 1 heterocycles. The summed E-state index contributed by atoms with van der Waals surface area (Å²) in [6.45, 7) is 5.85. The number of benzene rings is 2. The molecule has 6 nitrogen and oxygen atoms in total. The average molecular weight is 421 g/mol. The highest BCUT2D eigenvalue weighted by Gasteiger charge is 2.30. The van der Waals surface area contributed by atoms with E-state index in [1.54, 1.807) is 23.6 Å². The Balaban J connectivity index is 1.90. The van der Waals surface area contributed by atoms with E-state index >= 15 is 0 Å². The molecule has 0 aliphatic rings. The number of nitrogens with zero attached hydrogens (tertiary/aromatic N) is 3. The van der Waals surface area contributed by atoms with Crippen LogP contribution in [0.25, 0.3) is 10.9 Å². The fourth-order valence-electron chi connectivity index (χ4n) is 2.92. The van der Waals surface area contributed by atoms with E-state index in [1.165, 1.54) is 11.8 Å². The molecule has 1 amide bonds. The lowest BCUT2D eigenvalue weighted by Gasteiger charge is -2.27. The predicted molar refractivity (Wildman–Crippen MR) is 119 cm³/mol. The quantitative estimate of drug-likeness (QED) is 0.466. The van der Waals surface area contributed by atoms with Crippen molar-refractivity contribution in [2.24, 2.45) is 5.92 Å². The lowest BCUT2D eigenvalue weighted by molar-refractivity contribution is -0.120. The van der Waals surface area contributed by atoms with Crippen LogP contribution in [0.15, 0.2) is 64.5 Å². The fraction of sp³-hybridized carbons (Fsp3) is 0.304. The maximum Gasteiger partial charge on any atom is 0.262 e. The molecule has 30 heavy (non-hydrogen) atoms. The van der Waals surface area contributed by atoms with E-state index in [0.717, 1.165) is 5.56 Å². The number of amides is 1. The number of nitriles is 1. The van der Waals surface area contributed by atoms with Crippen molar-refractivity contribution in [1.29, 1.82) is 5.26 Å². The number of hydrogen-bond donors (Lipinski definition) is 1. The smallest absolute Gasteiger partial charge is 0.262 e. The van der Waals surface area contributed by atoms with Crippen molar-refractivity contribution in [3.63, 3.8) is 0 Å². The molecule has 1 atom stereocenters. The van der Waals surface area contributed by atoms with Gasteiger partial charge in [0.15, 0.2) is 5.16 Å². The lowest BCUT2D eigenvalue weighted by Crippen LogP contribution is -2.49. The molecule has 2 aromatic carbocycles. The number of para-hydroxylation sites is 1. The Labute approximate surface area is 179 Å². The molecule has 0 aliphatic carbocycles. The lowest BCUT2D eigenvalue weighted by atomic mass is 9.90. The summed E-state index contributed by atoms with van der Waals surface area (Å²) < 4.78 is 1.60. The molecule has 0 fully saturated rings. The summed E-state index contributed by atoms with van der Waals surface area (Å²) in [5.74, 6) is -0.248. The van der Waals surface area contributed by atoms with Gasteiger partial charge in [-0.15, -0.1) is 0 Å². The van der Waals surface area contributed by atoms with Gasteiger partial charge in [0.1, 0.15) is 5.54 Å². The topological polar surface area (TPSA) is 87.8 Å². The summed E-state index contributed by atoms with van der Waals surface area (Å²) in [6.07, 6.45) is 0. The first-order chi connectivity index (χ1) is 14.3. The maximum absolute atomic E-state index is 13.1. The maximum atomic E-state index is 13.1. The summed E-state index contributed by atoms with van der Waals surface area (Å²) in [5.41, 5.74) is 0.480. The third kappa shape index (κ3) is 4.71. The molecule has 0 unspecified atom stereocenters. The summed E-state index contributed by atoms with van der Waals surface area (Å²) in [5, 5.41) is 13.2. The number of fused-ring (bicyclic) bond motifs is 1. The number of carbonyl (C=O) groups is 1. The molecule has 154 valence electrons. The van der Waals surface area contributed by atoms with Crippen LogP contribution in [0.4, 0.5) is 0 Å². The number of rotatable bonds is 7. The van der Waals surface area contributed by atoms with Crippen LogP contribution in [0, 0.1) is 17.2 Å². The van der Waals surface area contributed by atoms with Gasteiger partial charge in [0.05, 0.1) is 29.3 Å². The van der Waals surface area contributed by atoms with Gasteiger partial charge in [-0.05, 0) is 30.5 Å². The first-order valence-electron chi connectivity index (χ1n) is 9.72. The van der Waals surface area contributed by atoms with Crippen LogP contribution in [0.3, 0.4) is 0 Å². The van der Waals surface area contributed by atoms with Crippen molar-refractivity contribution >= 4 is 28.6 Å². The second-order valence-corrected chi connectivity index (χ2v) is 8.54. The number of thioether (sulfide) groups is 1. The molecule has 0 spiro atoms. The second kappa shape index (κ2) is 9.14. The number of aromatic nitrogens is 2. The van der Waals surface area contributed by atoms with E-state index in [9.17, 15) is 14.9 Å². The minimum absolute atomic E-state index is 0.0356. The molecule has 1 aromatic heterocycles. The van der Waals surface area contributed by atoms with E-state index < -0.39 is 5.54 Å². The van der Waals surface area contributed by atoms with Gasteiger partial charge in [-0.2, -0.15) is 5.26 Å². The zero-order chi connectivity index (χ0) is 21.7. The van der Waals surface area contributed by atoms with Gasteiger partial charge in [-0.25, -0.2) is 4.98 Å². The summed E-state index contributed by atoms with van der Waals surface area (Å²) in [6, 6.07) is 19.0. The fourth-order valence-corrected chi connectivity index (χ4v) is 3.72. The highest BCUT2D eigenvalue weighted by molar-refractivity contribution is 7.99. The standard InChI is InChI=1S/C23H24N4O2S/c1-16(2)23(3,15-24)26-20(28)14-30-22-25-19-12-8-7-11-18(19)21(29)27(22)13-17-9-5-4-6-10-17/h4-12,16H,13-14H2,1-3H3,(H,26,28)/t23-/m0/s1. The third-order valence-electron chi connectivity index (χ3n) is 5.13. The van der Waals surface area contributed by atoms with Crippen LogP contribution in [0.5, 0.6) is 0 Å². The number of nitrogens with one attached hydrogen (secondary N) is 1. The Kier molecular flexibility index (Phi) is 6.58. The molecule has 0 saturated carbocycles. The minimum Gasteiger partial charge on any atom is -0.337 e. The van der Waals surface area contributed by atoms with Gasteiger partial charge in [0.25, 0.3) is 5.56 Å². The molecule has 3 aromatic rings. The Morgan fingerprint density at radius 2 is 1.87 bits per heavy atom. The zero-order valence-corrected chi connectivity index (χ0v) is 18.1. The van der Waals surface area contributed by atoms with Crippen molar-refractivity contribution in [2.75, 3.05) is 5.75 Å². The van der Waals surface area contributed by atoms with Crippen LogP contribution < -0.4 is 10.9 Å². The van der Waals surface area contributed by atoms with Crippen LogP contribution in [-0.2, 0) is 11.3 Å². The first kappa shape index (κ1) is 21.6. The first-order valence-corrected chi connectivity index (χ1v) is 10.7. The van der Waals surface area contributed by atoms with E-state index in [1.807, 2.05) is 56.3 Å². The Hall–Kier alpha value is -3.11. The molecule has 0 aliphatic heterocycles. The normalized spacial score (nSPS) is 13.0. The molecule has 7 heteroatoms. The highest BCUT2D eigenvalue weighted by Crippen LogP contribution is 2.20. The van der Waals surface area contributed by atoms with Crippen molar-refractivity contribution in [3.8, 4) is 6.07 Å². The monoisotopic (exact) mass is 420 g/mol. The number of carbonyl (C=O) groups excluding carboxylic acids is 1. The van der Waals surface area contributed by atoms with Crippen molar-refractivity contribution in [3.05, 3.63) is 70.5 Å². The zero-order valence-electron chi connectivity index (χ0n) is 17.3. The van der Waals surface area contributed by atoms with E-state index in [4.69, 9.17) is 0 Å². The second-order valence-electron chi connectivity index (χ2n) is 7.59. The molecular formula is C23H24N4O2S. The predicted octanol–water partition coefficient (Wildman–Crippen LogP) is 3.59. The minimum atomic E-state index is -0.946. The Morgan fingerprint density at radius 3 is 2.53 bits per heavy atom. The van der Waals surface area contributed by atoms with Crippen molar-refractivity contribution in [2.45, 2.75) is 38.0 Å². The third-order valence-corrected chi connectivity index (χ3v) is 6.10. The van der Waals surface area contributed by atoms with E-state index in [-0.39, 0.29) is 23.1 Å². The van der Waals surface area contributed by atoms with Gasteiger partial charge in [0, 0.05) is 0 Å². The van der Waals surface area contributed by atoms with Crippen LogP contribution in [-0.4, -0.2) is 26.8 Å².